The molecule has 0 aromatic heterocycles. The Labute approximate surface area is 76.6 Å². The van der Waals surface area contributed by atoms with Crippen molar-refractivity contribution in [3.8, 4) is 18.1 Å². The highest BCUT2D eigenvalue weighted by atomic mass is 16.3. The normalized spacial score (nSPS) is 9.77. The molecule has 0 heterocycles. The van der Waals surface area contributed by atoms with Gasteiger partial charge in [-0.25, -0.2) is 0 Å². The molecule has 0 aliphatic heterocycles. The SMILES string of the molecule is C#Cc1ccc2ccccc2c1O. The van der Waals surface area contributed by atoms with Crippen LogP contribution in [0.3, 0.4) is 0 Å². The largest absolute Gasteiger partial charge is 0.506 e. The van der Waals surface area contributed by atoms with Crippen molar-refractivity contribution < 1.29 is 5.11 Å². The number of hydrogen-bond donors (Lipinski definition) is 1. The molecule has 0 aliphatic carbocycles. The molecule has 2 aromatic rings. The first kappa shape index (κ1) is 7.70. The van der Waals surface area contributed by atoms with Gasteiger partial charge in [-0.15, -0.1) is 6.42 Å². The van der Waals surface area contributed by atoms with Crippen molar-refractivity contribution in [2.75, 3.05) is 0 Å². The van der Waals surface area contributed by atoms with Crippen LogP contribution in [0.4, 0.5) is 0 Å². The van der Waals surface area contributed by atoms with Crippen molar-refractivity contribution >= 4 is 10.8 Å². The standard InChI is InChI=1S/C12H8O/c1-2-9-7-8-10-5-3-4-6-11(10)12(9)13/h1,3-8,13H. The van der Waals surface area contributed by atoms with Crippen LogP contribution in [0.5, 0.6) is 5.75 Å². The van der Waals surface area contributed by atoms with E-state index in [2.05, 4.69) is 5.92 Å². The van der Waals surface area contributed by atoms with Crippen LogP contribution in [0.1, 0.15) is 5.56 Å². The zero-order valence-corrected chi connectivity index (χ0v) is 6.99. The molecule has 1 heteroatoms. The Kier molecular flexibility index (Phi) is 1.68. The maximum Gasteiger partial charge on any atom is 0.139 e. The van der Waals surface area contributed by atoms with Crippen molar-refractivity contribution in [2.24, 2.45) is 0 Å². The molecule has 0 saturated carbocycles. The number of aromatic hydroxyl groups is 1. The lowest BCUT2D eigenvalue weighted by atomic mass is 10.1. The Bertz CT molecular complexity index is 492. The van der Waals surface area contributed by atoms with Gasteiger partial charge >= 0.3 is 0 Å². The molecule has 0 saturated heterocycles. The highest BCUT2D eigenvalue weighted by Gasteiger charge is 2.02. The topological polar surface area (TPSA) is 20.2 Å². The van der Waals surface area contributed by atoms with Gasteiger partial charge in [-0.3, -0.25) is 0 Å². The Balaban J connectivity index is 2.89. The molecule has 0 spiro atoms. The Morgan fingerprint density at radius 2 is 1.85 bits per heavy atom. The molecule has 0 fully saturated rings. The van der Waals surface area contributed by atoms with Crippen LogP contribution in [0.15, 0.2) is 36.4 Å². The smallest absolute Gasteiger partial charge is 0.139 e. The third-order valence-corrected chi connectivity index (χ3v) is 2.06. The van der Waals surface area contributed by atoms with Crippen molar-refractivity contribution in [1.29, 1.82) is 0 Å². The minimum absolute atomic E-state index is 0.195. The lowest BCUT2D eigenvalue weighted by Crippen LogP contribution is -1.78. The molecule has 2 rings (SSSR count). The summed E-state index contributed by atoms with van der Waals surface area (Å²) in [5.74, 6) is 2.63. The van der Waals surface area contributed by atoms with E-state index < -0.39 is 0 Å². The van der Waals surface area contributed by atoms with Gasteiger partial charge in [-0.05, 0) is 11.5 Å². The van der Waals surface area contributed by atoms with Gasteiger partial charge in [0, 0.05) is 5.39 Å². The van der Waals surface area contributed by atoms with Crippen LogP contribution in [-0.4, -0.2) is 5.11 Å². The van der Waals surface area contributed by atoms with E-state index in [9.17, 15) is 5.11 Å². The fourth-order valence-corrected chi connectivity index (χ4v) is 1.37. The Morgan fingerprint density at radius 1 is 1.08 bits per heavy atom. The number of hydrogen-bond acceptors (Lipinski definition) is 1. The molecule has 1 nitrogen and oxygen atoms in total. The number of phenolic OH excluding ortho intramolecular Hbond substituents is 1. The average molecular weight is 168 g/mol. The van der Waals surface area contributed by atoms with Gasteiger partial charge < -0.3 is 5.11 Å². The molecule has 0 atom stereocenters. The highest BCUT2D eigenvalue weighted by Crippen LogP contribution is 2.27. The molecular formula is C12H8O. The fraction of sp³-hybridized carbons (Fsp3) is 0. The van der Waals surface area contributed by atoms with Crippen LogP contribution in [0.2, 0.25) is 0 Å². The summed E-state index contributed by atoms with van der Waals surface area (Å²) >= 11 is 0. The summed E-state index contributed by atoms with van der Waals surface area (Å²) in [6.07, 6.45) is 5.23. The highest BCUT2D eigenvalue weighted by molar-refractivity contribution is 5.90. The fourth-order valence-electron chi connectivity index (χ4n) is 1.37. The Hall–Kier alpha value is -1.94. The van der Waals surface area contributed by atoms with Crippen molar-refractivity contribution in [2.45, 2.75) is 0 Å². The third kappa shape index (κ3) is 1.13. The molecule has 2 aromatic carbocycles. The molecule has 13 heavy (non-hydrogen) atoms. The van der Waals surface area contributed by atoms with E-state index in [1.807, 2.05) is 30.3 Å². The number of rotatable bonds is 0. The van der Waals surface area contributed by atoms with Crippen LogP contribution >= 0.6 is 0 Å². The number of terminal acetylenes is 1. The minimum atomic E-state index is 0.195. The van der Waals surface area contributed by atoms with Crippen LogP contribution in [0.25, 0.3) is 10.8 Å². The molecule has 62 valence electrons. The second-order valence-corrected chi connectivity index (χ2v) is 2.83. The van der Waals surface area contributed by atoms with E-state index >= 15 is 0 Å². The lowest BCUT2D eigenvalue weighted by Gasteiger charge is -2.02. The number of fused-ring (bicyclic) bond motifs is 1. The van der Waals surface area contributed by atoms with Crippen LogP contribution in [-0.2, 0) is 0 Å². The van der Waals surface area contributed by atoms with Gasteiger partial charge in [0.15, 0.2) is 0 Å². The Morgan fingerprint density at radius 3 is 2.62 bits per heavy atom. The van der Waals surface area contributed by atoms with E-state index in [0.29, 0.717) is 5.56 Å². The first-order chi connectivity index (χ1) is 6.33. The summed E-state index contributed by atoms with van der Waals surface area (Å²) in [5, 5.41) is 11.5. The van der Waals surface area contributed by atoms with Gasteiger partial charge in [0.2, 0.25) is 0 Å². The zero-order chi connectivity index (χ0) is 9.26. The number of benzene rings is 2. The van der Waals surface area contributed by atoms with Crippen molar-refractivity contribution in [3.05, 3.63) is 42.0 Å². The van der Waals surface area contributed by atoms with E-state index in [4.69, 9.17) is 6.42 Å². The first-order valence-electron chi connectivity index (χ1n) is 4.00. The van der Waals surface area contributed by atoms with Gasteiger partial charge in [0.1, 0.15) is 5.75 Å². The maximum absolute atomic E-state index is 9.71. The average Bonchev–Trinajstić information content (AvgIpc) is 2.19. The monoisotopic (exact) mass is 168 g/mol. The number of phenols is 1. The lowest BCUT2D eigenvalue weighted by molar-refractivity contribution is 0.480. The van der Waals surface area contributed by atoms with E-state index in [1.54, 1.807) is 6.07 Å². The molecule has 0 bridgehead atoms. The van der Waals surface area contributed by atoms with E-state index in [-0.39, 0.29) is 5.75 Å². The van der Waals surface area contributed by atoms with Gasteiger partial charge in [-0.1, -0.05) is 36.3 Å². The summed E-state index contributed by atoms with van der Waals surface area (Å²) in [6.45, 7) is 0. The predicted molar refractivity (Wildman–Crippen MR) is 53.5 cm³/mol. The first-order valence-corrected chi connectivity index (χ1v) is 4.00. The minimum Gasteiger partial charge on any atom is -0.506 e. The van der Waals surface area contributed by atoms with Crippen LogP contribution in [0, 0.1) is 12.3 Å². The summed E-state index contributed by atoms with van der Waals surface area (Å²) < 4.78 is 0. The third-order valence-electron chi connectivity index (χ3n) is 2.06. The van der Waals surface area contributed by atoms with Gasteiger partial charge in [0.25, 0.3) is 0 Å². The molecule has 1 N–H and O–H groups in total. The molecule has 0 unspecified atom stereocenters. The molecular weight excluding hydrogens is 160 g/mol. The second kappa shape index (κ2) is 2.84. The summed E-state index contributed by atoms with van der Waals surface area (Å²) in [6, 6.07) is 11.3. The molecule has 0 radical (unpaired) electrons. The van der Waals surface area contributed by atoms with E-state index in [0.717, 1.165) is 10.8 Å². The van der Waals surface area contributed by atoms with Gasteiger partial charge in [-0.2, -0.15) is 0 Å². The molecule has 0 aliphatic rings. The predicted octanol–water partition coefficient (Wildman–Crippen LogP) is 2.53. The maximum atomic E-state index is 9.71. The summed E-state index contributed by atoms with van der Waals surface area (Å²) in [7, 11) is 0. The summed E-state index contributed by atoms with van der Waals surface area (Å²) in [5.41, 5.74) is 0.540. The van der Waals surface area contributed by atoms with Crippen molar-refractivity contribution in [3.63, 3.8) is 0 Å². The van der Waals surface area contributed by atoms with Crippen LogP contribution < -0.4 is 0 Å². The van der Waals surface area contributed by atoms with Crippen molar-refractivity contribution in [1.82, 2.24) is 0 Å². The zero-order valence-electron chi connectivity index (χ0n) is 6.99. The summed E-state index contributed by atoms with van der Waals surface area (Å²) in [4.78, 5) is 0. The second-order valence-electron chi connectivity index (χ2n) is 2.83. The van der Waals surface area contributed by atoms with Gasteiger partial charge in [0.05, 0.1) is 5.56 Å². The molecule has 0 amide bonds. The van der Waals surface area contributed by atoms with E-state index in [1.165, 1.54) is 0 Å². The quantitative estimate of drug-likeness (QED) is 0.599.